The highest BCUT2D eigenvalue weighted by Gasteiger charge is 2.16. The fraction of sp³-hybridized carbons (Fsp3) is 0.468. The molecule has 0 aromatic heterocycles. The molecule has 84 heavy (non-hydrogen) atoms. The maximum atomic E-state index is 12.3. The molecule has 462 valence electrons. The summed E-state index contributed by atoms with van der Waals surface area (Å²) in [5.74, 6) is -0.681. The van der Waals surface area contributed by atoms with Crippen LogP contribution in [0.3, 0.4) is 0 Å². The zero-order valence-electron chi connectivity index (χ0n) is 52.8. The van der Waals surface area contributed by atoms with Crippen molar-refractivity contribution in [2.45, 2.75) is 225 Å². The number of esters is 2. The molecule has 0 amide bonds. The van der Waals surface area contributed by atoms with E-state index in [-0.39, 0.29) is 31.6 Å². The fourth-order valence-corrected chi connectivity index (χ4v) is 7.84. The van der Waals surface area contributed by atoms with Crippen LogP contribution in [0.25, 0.3) is 0 Å². The molecule has 1 atom stereocenters. The van der Waals surface area contributed by atoms with Crippen LogP contribution in [0.15, 0.2) is 243 Å². The smallest absolute Gasteiger partial charge is 0.306 e. The minimum Gasteiger partial charge on any atom is -0.462 e. The van der Waals surface area contributed by atoms with Crippen LogP contribution in [0, 0.1) is 0 Å². The number of aliphatic hydroxyl groups is 1. The lowest BCUT2D eigenvalue weighted by Gasteiger charge is -2.15. The van der Waals surface area contributed by atoms with Gasteiger partial charge in [0.15, 0.2) is 6.10 Å². The third-order valence-corrected chi connectivity index (χ3v) is 12.6. The maximum absolute atomic E-state index is 12.3. The van der Waals surface area contributed by atoms with Crippen LogP contribution in [0.2, 0.25) is 0 Å². The van der Waals surface area contributed by atoms with Gasteiger partial charge in [-0.05, 0) is 167 Å². The van der Waals surface area contributed by atoms with Crippen LogP contribution in [-0.2, 0) is 19.1 Å². The minimum atomic E-state index is -0.824. The van der Waals surface area contributed by atoms with Gasteiger partial charge in [-0.1, -0.05) is 283 Å². The Balaban J connectivity index is 3.74. The summed E-state index contributed by atoms with van der Waals surface area (Å²) in [6, 6.07) is 0. The van der Waals surface area contributed by atoms with E-state index in [9.17, 15) is 14.7 Å². The van der Waals surface area contributed by atoms with Crippen molar-refractivity contribution in [3.63, 3.8) is 0 Å². The normalized spacial score (nSPS) is 13.9. The molecule has 0 fully saturated rings. The number of carbonyl (C=O) groups excluding carboxylic acids is 2. The van der Waals surface area contributed by atoms with E-state index in [4.69, 9.17) is 9.47 Å². The van der Waals surface area contributed by atoms with Crippen LogP contribution in [0.5, 0.6) is 0 Å². The Bertz CT molecular complexity index is 2130. The van der Waals surface area contributed by atoms with Crippen molar-refractivity contribution in [2.75, 3.05) is 13.2 Å². The monoisotopic (exact) mass is 1140 g/mol. The van der Waals surface area contributed by atoms with Crippen molar-refractivity contribution >= 4 is 11.9 Å². The standard InChI is InChI=1S/C79H116O5/c1-3-5-7-9-11-13-15-17-19-21-23-25-27-29-31-33-35-36-37-38-39-40-41-42-44-46-48-50-52-54-56-58-60-62-64-66-68-70-72-74-79(82)84-77(75-80)76-83-78(81)73-71-69-67-65-63-61-59-57-55-53-51-49-47-45-43-34-32-30-28-26-24-22-20-18-16-14-12-10-8-6-4-2/h5-8,11-14,17-20,23-26,29-32,35-36,38-39,41-43,45-46,48-49,51-52,54-55,57-58,60,64,66,77,80H,3-4,9-10,15-16,21-22,27-28,33-34,37,40,44,47,50,53,56,59,61-63,65,67-76H2,1-2H3/b7-5-,8-6-,13-11-,14-12-,19-17-,20-18-,25-23-,26-24-,31-29-,32-30-,36-35-,39-38-,42-41-,45-43-,48-46-,51-49-,54-52-,57-55-,60-58-,66-64-. The molecule has 0 aliphatic rings. The highest BCUT2D eigenvalue weighted by atomic mass is 16.6. The first kappa shape index (κ1) is 77.7. The lowest BCUT2D eigenvalue weighted by atomic mass is 10.1. The second-order valence-electron chi connectivity index (χ2n) is 20.4. The summed E-state index contributed by atoms with van der Waals surface area (Å²) in [4.78, 5) is 24.6. The van der Waals surface area contributed by atoms with Crippen LogP contribution >= 0.6 is 0 Å². The third kappa shape index (κ3) is 68.2. The number of allylic oxidation sites excluding steroid dienone is 40. The van der Waals surface area contributed by atoms with Gasteiger partial charge in [-0.3, -0.25) is 9.59 Å². The van der Waals surface area contributed by atoms with Gasteiger partial charge in [-0.25, -0.2) is 0 Å². The van der Waals surface area contributed by atoms with E-state index < -0.39 is 6.10 Å². The molecule has 5 nitrogen and oxygen atoms in total. The molecule has 0 rings (SSSR count). The second kappa shape index (κ2) is 71.0. The first-order valence-corrected chi connectivity index (χ1v) is 32.6. The van der Waals surface area contributed by atoms with Gasteiger partial charge in [-0.15, -0.1) is 0 Å². The van der Waals surface area contributed by atoms with Gasteiger partial charge in [0.1, 0.15) is 6.61 Å². The van der Waals surface area contributed by atoms with Crippen molar-refractivity contribution in [3.05, 3.63) is 243 Å². The summed E-state index contributed by atoms with van der Waals surface area (Å²) in [6.07, 6.45) is 119. The van der Waals surface area contributed by atoms with E-state index in [1.807, 2.05) is 0 Å². The van der Waals surface area contributed by atoms with Gasteiger partial charge >= 0.3 is 11.9 Å². The molecule has 0 aromatic rings. The predicted octanol–water partition coefficient (Wildman–Crippen LogP) is 23.1. The van der Waals surface area contributed by atoms with Crippen molar-refractivity contribution in [2.24, 2.45) is 0 Å². The van der Waals surface area contributed by atoms with E-state index in [0.717, 1.165) is 173 Å². The van der Waals surface area contributed by atoms with Gasteiger partial charge in [-0.2, -0.15) is 0 Å². The van der Waals surface area contributed by atoms with Crippen LogP contribution < -0.4 is 0 Å². The topological polar surface area (TPSA) is 72.8 Å². The largest absolute Gasteiger partial charge is 0.462 e. The molecule has 0 aliphatic heterocycles. The Morgan fingerprint density at radius 2 is 0.476 bits per heavy atom. The number of rotatable bonds is 56. The number of unbranched alkanes of at least 4 members (excludes halogenated alkanes) is 8. The van der Waals surface area contributed by atoms with E-state index in [0.29, 0.717) is 12.8 Å². The fourth-order valence-electron chi connectivity index (χ4n) is 7.84. The molecule has 0 saturated heterocycles. The Morgan fingerprint density at radius 3 is 0.738 bits per heavy atom. The van der Waals surface area contributed by atoms with Crippen LogP contribution in [0.4, 0.5) is 0 Å². The quantitative estimate of drug-likeness (QED) is 0.0373. The molecule has 0 saturated carbocycles. The number of ether oxygens (including phenoxy) is 2. The number of hydrogen-bond donors (Lipinski definition) is 1. The van der Waals surface area contributed by atoms with Gasteiger partial charge in [0.05, 0.1) is 6.61 Å². The highest BCUT2D eigenvalue weighted by Crippen LogP contribution is 2.11. The van der Waals surface area contributed by atoms with Crippen molar-refractivity contribution < 1.29 is 24.2 Å². The van der Waals surface area contributed by atoms with Crippen molar-refractivity contribution in [1.29, 1.82) is 0 Å². The number of aliphatic hydroxyl groups excluding tert-OH is 1. The molecular weight excluding hydrogens is 1030 g/mol. The van der Waals surface area contributed by atoms with Crippen molar-refractivity contribution in [3.8, 4) is 0 Å². The average molecular weight is 1150 g/mol. The molecule has 1 unspecified atom stereocenters. The minimum absolute atomic E-state index is 0.110. The van der Waals surface area contributed by atoms with Gasteiger partial charge in [0.25, 0.3) is 0 Å². The molecule has 0 bridgehead atoms. The van der Waals surface area contributed by atoms with Gasteiger partial charge in [0, 0.05) is 12.8 Å². The summed E-state index contributed by atoms with van der Waals surface area (Å²) in [6.45, 7) is 3.84. The third-order valence-electron chi connectivity index (χ3n) is 12.6. The van der Waals surface area contributed by atoms with Crippen LogP contribution in [-0.4, -0.2) is 36.4 Å². The van der Waals surface area contributed by atoms with E-state index in [2.05, 4.69) is 257 Å². The molecule has 0 radical (unpaired) electrons. The van der Waals surface area contributed by atoms with Gasteiger partial charge in [0.2, 0.25) is 0 Å². The molecule has 0 spiro atoms. The second-order valence-corrected chi connectivity index (χ2v) is 20.4. The zero-order valence-corrected chi connectivity index (χ0v) is 52.8. The van der Waals surface area contributed by atoms with E-state index >= 15 is 0 Å². The molecule has 0 aromatic carbocycles. The molecule has 1 N–H and O–H groups in total. The Labute approximate surface area is 515 Å². The summed E-state index contributed by atoms with van der Waals surface area (Å²) in [5, 5.41) is 9.68. The Morgan fingerprint density at radius 1 is 0.274 bits per heavy atom. The SMILES string of the molecule is CC/C=C\C/C=C\C/C=C\C/C=C\C/C=C\C/C=C\C/C=C\C/C=C\C/C=C\C/C=C\C/C=C\C/C=C\CCCCC(=O)OC(CO)COC(=O)CCCCCCCC/C=C\C/C=C\C/C=C\C/C=C\C/C=C\C/C=C\C/C=C\C/C=C\CC. The highest BCUT2D eigenvalue weighted by molar-refractivity contribution is 5.70. The summed E-state index contributed by atoms with van der Waals surface area (Å²) >= 11 is 0. The average Bonchev–Trinajstić information content (AvgIpc) is 3.51. The molecule has 5 heteroatoms. The Hall–Kier alpha value is -6.30. The molecule has 0 heterocycles. The van der Waals surface area contributed by atoms with Crippen molar-refractivity contribution in [1.82, 2.24) is 0 Å². The lowest BCUT2D eigenvalue weighted by Crippen LogP contribution is -2.28. The molecule has 0 aliphatic carbocycles. The number of carbonyl (C=O) groups is 2. The zero-order chi connectivity index (χ0) is 60.5. The lowest BCUT2D eigenvalue weighted by molar-refractivity contribution is -0.161. The van der Waals surface area contributed by atoms with E-state index in [1.165, 1.54) is 12.8 Å². The first-order chi connectivity index (χ1) is 41.6. The van der Waals surface area contributed by atoms with Gasteiger partial charge < -0.3 is 14.6 Å². The Kier molecular flexibility index (Phi) is 65.6. The summed E-state index contributed by atoms with van der Waals surface area (Å²) in [5.41, 5.74) is 0. The maximum Gasteiger partial charge on any atom is 0.306 e. The van der Waals surface area contributed by atoms with E-state index in [1.54, 1.807) is 0 Å². The molecular formula is C79H116O5. The summed E-state index contributed by atoms with van der Waals surface area (Å²) < 4.78 is 10.7. The summed E-state index contributed by atoms with van der Waals surface area (Å²) in [7, 11) is 0. The first-order valence-electron chi connectivity index (χ1n) is 32.6. The number of hydrogen-bond acceptors (Lipinski definition) is 5. The van der Waals surface area contributed by atoms with Crippen LogP contribution in [0.1, 0.15) is 219 Å². The predicted molar refractivity (Wildman–Crippen MR) is 370 cm³/mol.